The molecule has 1 heterocycles. The van der Waals surface area contributed by atoms with Crippen LogP contribution in [-0.2, 0) is 6.54 Å². The minimum atomic E-state index is -0.330. The Kier molecular flexibility index (Phi) is 5.63. The molecule has 0 spiro atoms. The highest BCUT2D eigenvalue weighted by atomic mass is 35.5. The smallest absolute Gasteiger partial charge is 0.276 e. The molecule has 0 aliphatic carbocycles. The molecule has 0 amide bonds. The summed E-state index contributed by atoms with van der Waals surface area (Å²) in [6.07, 6.45) is 1.05. The topological polar surface area (TPSA) is 93.7 Å². The van der Waals surface area contributed by atoms with E-state index in [1.165, 1.54) is 0 Å². The lowest BCUT2D eigenvalue weighted by Crippen LogP contribution is -2.23. The van der Waals surface area contributed by atoms with Crippen molar-refractivity contribution in [2.45, 2.75) is 26.4 Å². The Bertz CT molecular complexity index is 773. The Morgan fingerprint density at radius 1 is 1.35 bits per heavy atom. The van der Waals surface area contributed by atoms with Crippen LogP contribution in [0.15, 0.2) is 23.0 Å². The zero-order valence-corrected chi connectivity index (χ0v) is 14.2. The summed E-state index contributed by atoms with van der Waals surface area (Å²) in [5.41, 5.74) is 1.13. The zero-order valence-electron chi connectivity index (χ0n) is 12.7. The third kappa shape index (κ3) is 4.46. The van der Waals surface area contributed by atoms with Gasteiger partial charge in [0.25, 0.3) is 5.56 Å². The summed E-state index contributed by atoms with van der Waals surface area (Å²) in [5.74, 6) is 0.286. The van der Waals surface area contributed by atoms with E-state index in [1.54, 1.807) is 12.1 Å². The van der Waals surface area contributed by atoms with Gasteiger partial charge in [0, 0.05) is 18.8 Å². The van der Waals surface area contributed by atoms with Crippen molar-refractivity contribution in [1.82, 2.24) is 9.97 Å². The van der Waals surface area contributed by atoms with Gasteiger partial charge in [-0.15, -0.1) is 0 Å². The van der Waals surface area contributed by atoms with Gasteiger partial charge in [0.2, 0.25) is 5.95 Å². The lowest BCUT2D eigenvalue weighted by Gasteiger charge is -2.13. The monoisotopic (exact) mass is 353 g/mol. The number of nitrogens with zero attached hydrogens (tertiary/aromatic N) is 1. The van der Waals surface area contributed by atoms with Crippen molar-refractivity contribution in [3.8, 4) is 0 Å². The van der Waals surface area contributed by atoms with Gasteiger partial charge in [0.1, 0.15) is 11.4 Å². The lowest BCUT2D eigenvalue weighted by molar-refractivity contribution is 0.887. The van der Waals surface area contributed by atoms with Gasteiger partial charge in [-0.3, -0.25) is 9.78 Å². The van der Waals surface area contributed by atoms with E-state index in [0.29, 0.717) is 16.6 Å². The van der Waals surface area contributed by atoms with E-state index in [-0.39, 0.29) is 28.9 Å². The van der Waals surface area contributed by atoms with Crippen molar-refractivity contribution < 1.29 is 0 Å². The second-order valence-corrected chi connectivity index (χ2v) is 6.03. The highest BCUT2D eigenvalue weighted by molar-refractivity contribution is 6.42. The van der Waals surface area contributed by atoms with Gasteiger partial charge in [-0.05, 0) is 31.5 Å². The molecule has 23 heavy (non-hydrogen) atoms. The maximum atomic E-state index is 12.1. The van der Waals surface area contributed by atoms with Crippen LogP contribution < -0.4 is 16.2 Å². The number of anilines is 2. The maximum Gasteiger partial charge on any atom is 0.276 e. The van der Waals surface area contributed by atoms with Crippen molar-refractivity contribution in [3.05, 3.63) is 49.9 Å². The fourth-order valence-electron chi connectivity index (χ4n) is 1.94. The Morgan fingerprint density at radius 2 is 2.09 bits per heavy atom. The first-order valence-electron chi connectivity index (χ1n) is 7.00. The average Bonchev–Trinajstić information content (AvgIpc) is 2.50. The summed E-state index contributed by atoms with van der Waals surface area (Å²) >= 11 is 11.8. The molecule has 2 rings (SSSR count). The summed E-state index contributed by atoms with van der Waals surface area (Å²) in [7, 11) is 0. The van der Waals surface area contributed by atoms with Crippen molar-refractivity contribution in [1.29, 1.82) is 5.41 Å². The second kappa shape index (κ2) is 7.48. The Labute approximate surface area is 143 Å². The molecule has 1 aromatic carbocycles. The highest BCUT2D eigenvalue weighted by Crippen LogP contribution is 2.22. The van der Waals surface area contributed by atoms with E-state index < -0.39 is 0 Å². The Balaban J connectivity index is 2.20. The fraction of sp³-hybridized carbons (Fsp3) is 0.267. The van der Waals surface area contributed by atoms with E-state index in [9.17, 15) is 4.79 Å². The van der Waals surface area contributed by atoms with Gasteiger partial charge in [-0.25, -0.2) is 4.98 Å². The van der Waals surface area contributed by atoms with Crippen LogP contribution in [0.25, 0.3) is 0 Å². The van der Waals surface area contributed by atoms with Crippen LogP contribution in [0.4, 0.5) is 11.6 Å². The van der Waals surface area contributed by atoms with Crippen molar-refractivity contribution in [2.24, 2.45) is 0 Å². The van der Waals surface area contributed by atoms with E-state index in [4.69, 9.17) is 28.6 Å². The van der Waals surface area contributed by atoms with Crippen molar-refractivity contribution in [3.63, 3.8) is 0 Å². The summed E-state index contributed by atoms with van der Waals surface area (Å²) in [6.45, 7) is 4.22. The number of hydrogen-bond acceptors (Lipinski definition) is 5. The van der Waals surface area contributed by atoms with Crippen LogP contribution in [0.1, 0.15) is 25.1 Å². The van der Waals surface area contributed by atoms with Gasteiger partial charge in [-0.1, -0.05) is 29.3 Å². The minimum Gasteiger partial charge on any atom is -0.377 e. The van der Waals surface area contributed by atoms with E-state index >= 15 is 0 Å². The van der Waals surface area contributed by atoms with Gasteiger partial charge in [0.05, 0.1) is 10.0 Å². The van der Waals surface area contributed by atoms with Gasteiger partial charge in [-0.2, -0.15) is 0 Å². The van der Waals surface area contributed by atoms with Crippen LogP contribution in [-0.4, -0.2) is 22.2 Å². The molecule has 0 saturated carbocycles. The second-order valence-electron chi connectivity index (χ2n) is 5.22. The molecule has 0 unspecified atom stereocenters. The predicted octanol–water partition coefficient (Wildman–Crippen LogP) is 3.51. The molecule has 6 nitrogen and oxygen atoms in total. The number of H-pyrrole nitrogens is 1. The summed E-state index contributed by atoms with van der Waals surface area (Å²) in [6, 6.07) is 5.33. The molecule has 0 bridgehead atoms. The van der Waals surface area contributed by atoms with Crippen LogP contribution in [0.5, 0.6) is 0 Å². The van der Waals surface area contributed by atoms with Gasteiger partial charge < -0.3 is 16.0 Å². The van der Waals surface area contributed by atoms with Crippen LogP contribution in [0.3, 0.4) is 0 Å². The first-order valence-corrected chi connectivity index (χ1v) is 7.75. The Hall–Kier alpha value is -2.05. The number of aromatic amines is 1. The predicted molar refractivity (Wildman–Crippen MR) is 95.3 cm³/mol. The zero-order chi connectivity index (χ0) is 17.0. The summed E-state index contributed by atoms with van der Waals surface area (Å²) in [4.78, 5) is 19.0. The third-order valence-electron chi connectivity index (χ3n) is 2.96. The normalized spacial score (nSPS) is 10.7. The molecule has 122 valence electrons. The van der Waals surface area contributed by atoms with E-state index in [1.807, 2.05) is 19.9 Å². The standard InChI is InChI=1S/C15H17Cl2N5O/c1-8(2)20-13-12(6-18)21-15(22-14(13)23)19-7-9-3-4-10(16)11(17)5-9/h3-6,8,18,20H,7H2,1-2H3,(H2,19,21,22,23). The van der Waals surface area contributed by atoms with Crippen LogP contribution in [0.2, 0.25) is 10.0 Å². The number of aromatic nitrogens is 2. The maximum absolute atomic E-state index is 12.1. The SMILES string of the molecule is CC(C)Nc1c(C=N)nc(NCc2ccc(Cl)c(Cl)c2)[nH]c1=O. The average molecular weight is 354 g/mol. The van der Waals surface area contributed by atoms with Gasteiger partial charge >= 0.3 is 0 Å². The van der Waals surface area contributed by atoms with E-state index in [2.05, 4.69) is 20.6 Å². The number of benzene rings is 1. The molecule has 0 saturated heterocycles. The molecule has 0 aliphatic heterocycles. The molecule has 0 aliphatic rings. The molecule has 8 heteroatoms. The summed E-state index contributed by atoms with van der Waals surface area (Å²) < 4.78 is 0. The molecule has 2 aromatic rings. The first-order chi connectivity index (χ1) is 10.9. The minimum absolute atomic E-state index is 0.0617. The highest BCUT2D eigenvalue weighted by Gasteiger charge is 2.11. The molecule has 0 radical (unpaired) electrons. The van der Waals surface area contributed by atoms with Crippen molar-refractivity contribution >= 4 is 41.1 Å². The molecule has 0 fully saturated rings. The molecular formula is C15H17Cl2N5O. The largest absolute Gasteiger partial charge is 0.377 e. The molecular weight excluding hydrogens is 337 g/mol. The molecule has 1 aromatic heterocycles. The number of halogens is 2. The van der Waals surface area contributed by atoms with Crippen LogP contribution in [0, 0.1) is 5.41 Å². The van der Waals surface area contributed by atoms with Crippen LogP contribution >= 0.6 is 23.2 Å². The van der Waals surface area contributed by atoms with Gasteiger partial charge in [0.15, 0.2) is 0 Å². The van der Waals surface area contributed by atoms with Crippen molar-refractivity contribution in [2.75, 3.05) is 10.6 Å². The number of hydrogen-bond donors (Lipinski definition) is 4. The number of rotatable bonds is 6. The summed E-state index contributed by atoms with van der Waals surface area (Å²) in [5, 5.41) is 14.4. The lowest BCUT2D eigenvalue weighted by atomic mass is 10.2. The first kappa shape index (κ1) is 17.3. The molecule has 4 N–H and O–H groups in total. The quantitative estimate of drug-likeness (QED) is 0.597. The Morgan fingerprint density at radius 3 is 2.70 bits per heavy atom. The van der Waals surface area contributed by atoms with E-state index in [0.717, 1.165) is 11.8 Å². The third-order valence-corrected chi connectivity index (χ3v) is 3.70. The number of nitrogens with one attached hydrogen (secondary N) is 4. The fourth-order valence-corrected chi connectivity index (χ4v) is 2.26. The molecule has 0 atom stereocenters.